The summed E-state index contributed by atoms with van der Waals surface area (Å²) in [6.07, 6.45) is 1.91. The number of aliphatic imine (C=N–C) groups is 1. The van der Waals surface area contributed by atoms with Gasteiger partial charge in [0.25, 0.3) is 0 Å². The molecule has 4 rings (SSSR count). The molecule has 3 nitrogen and oxygen atoms in total. The second-order valence-electron chi connectivity index (χ2n) is 7.43. The molecule has 0 radical (unpaired) electrons. The lowest BCUT2D eigenvalue weighted by molar-refractivity contribution is 1.13. The van der Waals surface area contributed by atoms with Gasteiger partial charge in [-0.2, -0.15) is 0 Å². The molecule has 0 atom stereocenters. The van der Waals surface area contributed by atoms with Crippen LogP contribution in [-0.2, 0) is 0 Å². The maximum Gasteiger partial charge on any atom is 0.213 e. The number of allylic oxidation sites excluding steroid dienone is 1. The molecule has 0 unspecified atom stereocenters. The van der Waals surface area contributed by atoms with Crippen molar-refractivity contribution in [2.45, 2.75) is 6.92 Å². The van der Waals surface area contributed by atoms with E-state index in [2.05, 4.69) is 51.1 Å². The maximum absolute atomic E-state index is 7.77. The third-order valence-corrected chi connectivity index (χ3v) is 5.21. The Balaban J connectivity index is 1.70. The molecule has 0 aliphatic carbocycles. The van der Waals surface area contributed by atoms with Crippen molar-refractivity contribution in [3.8, 4) is 0 Å². The average Bonchev–Trinajstić information content (AvgIpc) is 2.89. The largest absolute Gasteiger partial charge is 0.311 e. The van der Waals surface area contributed by atoms with Crippen molar-refractivity contribution in [1.29, 1.82) is 0 Å². The minimum Gasteiger partial charge on any atom is -0.311 e. The van der Waals surface area contributed by atoms with Gasteiger partial charge in [-0.3, -0.25) is 4.99 Å². The van der Waals surface area contributed by atoms with Crippen LogP contribution < -0.4 is 4.90 Å². The van der Waals surface area contributed by atoms with Crippen molar-refractivity contribution in [2.24, 2.45) is 4.99 Å². The van der Waals surface area contributed by atoms with Gasteiger partial charge in [-0.25, -0.2) is 4.85 Å². The number of para-hydroxylation sites is 2. The first kappa shape index (κ1) is 21.8. The lowest BCUT2D eigenvalue weighted by atomic mass is 10.0. The fourth-order valence-electron chi connectivity index (χ4n) is 3.71. The number of benzene rings is 4. The van der Waals surface area contributed by atoms with Gasteiger partial charge in [-0.05, 0) is 60.5 Å². The van der Waals surface area contributed by atoms with Crippen LogP contribution in [0.5, 0.6) is 0 Å². The summed E-state index contributed by atoms with van der Waals surface area (Å²) in [4.78, 5) is 10.6. The zero-order chi connectivity index (χ0) is 22.9. The molecule has 0 saturated carbocycles. The third-order valence-electron chi connectivity index (χ3n) is 5.21. The van der Waals surface area contributed by atoms with Crippen molar-refractivity contribution in [2.75, 3.05) is 11.4 Å². The SMILES string of the molecule is [C-]#[N+]/C(=C\c1ccc(N(c2ccccc2)c2ccccc2)cc1)C(=NCC)c1ccccc1. The molecule has 0 heterocycles. The van der Waals surface area contributed by atoms with Gasteiger partial charge in [0, 0.05) is 23.6 Å². The van der Waals surface area contributed by atoms with Crippen LogP contribution in [0.3, 0.4) is 0 Å². The van der Waals surface area contributed by atoms with Crippen molar-refractivity contribution < 1.29 is 0 Å². The summed E-state index contributed by atoms with van der Waals surface area (Å²) in [6.45, 7) is 10.4. The first-order valence-corrected chi connectivity index (χ1v) is 11.0. The Morgan fingerprint density at radius 3 is 1.70 bits per heavy atom. The monoisotopic (exact) mass is 427 g/mol. The Kier molecular flexibility index (Phi) is 7.10. The normalized spacial score (nSPS) is 11.6. The molecule has 0 bridgehead atoms. The molecule has 0 aromatic heterocycles. The summed E-state index contributed by atoms with van der Waals surface area (Å²) in [5.74, 6) is 0. The van der Waals surface area contributed by atoms with E-state index in [4.69, 9.17) is 6.57 Å². The van der Waals surface area contributed by atoms with E-state index in [1.54, 1.807) is 0 Å². The molecule has 160 valence electrons. The van der Waals surface area contributed by atoms with Crippen LogP contribution in [0.25, 0.3) is 10.9 Å². The Morgan fingerprint density at radius 2 is 1.21 bits per heavy atom. The predicted octanol–water partition coefficient (Wildman–Crippen LogP) is 7.93. The molecular formula is C30H25N3. The van der Waals surface area contributed by atoms with Gasteiger partial charge in [0.1, 0.15) is 0 Å². The van der Waals surface area contributed by atoms with Gasteiger partial charge in [0.15, 0.2) is 0 Å². The number of rotatable bonds is 7. The van der Waals surface area contributed by atoms with Crippen LogP contribution in [-0.4, -0.2) is 12.3 Å². The van der Waals surface area contributed by atoms with Gasteiger partial charge < -0.3 is 4.90 Å². The smallest absolute Gasteiger partial charge is 0.213 e. The quantitative estimate of drug-likeness (QED) is 0.217. The van der Waals surface area contributed by atoms with Crippen molar-refractivity contribution in [3.63, 3.8) is 0 Å². The van der Waals surface area contributed by atoms with Crippen molar-refractivity contribution >= 4 is 28.8 Å². The van der Waals surface area contributed by atoms with Crippen LogP contribution in [0.4, 0.5) is 17.1 Å². The molecule has 4 aromatic carbocycles. The predicted molar refractivity (Wildman–Crippen MR) is 139 cm³/mol. The minimum atomic E-state index is 0.541. The summed E-state index contributed by atoms with van der Waals surface area (Å²) < 4.78 is 0. The van der Waals surface area contributed by atoms with E-state index in [1.165, 1.54) is 0 Å². The summed E-state index contributed by atoms with van der Waals surface area (Å²) in [6, 6.07) is 38.8. The average molecular weight is 428 g/mol. The minimum absolute atomic E-state index is 0.541. The van der Waals surface area contributed by atoms with E-state index in [0.29, 0.717) is 12.2 Å². The highest BCUT2D eigenvalue weighted by Gasteiger charge is 2.13. The zero-order valence-corrected chi connectivity index (χ0v) is 18.6. The van der Waals surface area contributed by atoms with Crippen molar-refractivity contribution in [1.82, 2.24) is 0 Å². The number of nitrogens with zero attached hydrogens (tertiary/aromatic N) is 3. The van der Waals surface area contributed by atoms with Crippen LogP contribution >= 0.6 is 0 Å². The Bertz CT molecular complexity index is 1230. The summed E-state index contributed by atoms with van der Waals surface area (Å²) in [5, 5.41) is 0. The van der Waals surface area contributed by atoms with E-state index < -0.39 is 0 Å². The Morgan fingerprint density at radius 1 is 0.727 bits per heavy atom. The zero-order valence-electron chi connectivity index (χ0n) is 18.6. The summed E-state index contributed by atoms with van der Waals surface area (Å²) in [5.41, 5.74) is 6.43. The standard InChI is InChI=1S/C30H25N3/c1-3-32-30(25-13-7-4-8-14-25)29(31-2)23-24-19-21-28(22-20-24)33(26-15-9-5-10-16-26)27-17-11-6-12-18-27/h4-23H,3H2,1H3/b29-23-,32-30?. The third kappa shape index (κ3) is 5.26. The highest BCUT2D eigenvalue weighted by Crippen LogP contribution is 2.34. The van der Waals surface area contributed by atoms with Crippen LogP contribution in [0.15, 0.2) is 126 Å². The van der Waals surface area contributed by atoms with Gasteiger partial charge in [-0.1, -0.05) is 78.9 Å². The second kappa shape index (κ2) is 10.7. The first-order chi connectivity index (χ1) is 16.3. The Labute approximate surface area is 195 Å². The summed E-state index contributed by atoms with van der Waals surface area (Å²) >= 11 is 0. The Hall–Kier alpha value is -4.42. The molecule has 0 saturated heterocycles. The molecular weight excluding hydrogens is 402 g/mol. The number of hydrogen-bond acceptors (Lipinski definition) is 2. The van der Waals surface area contributed by atoms with E-state index in [1.807, 2.05) is 91.9 Å². The number of hydrogen-bond donors (Lipinski definition) is 0. The number of anilines is 3. The maximum atomic E-state index is 7.77. The van der Waals surface area contributed by atoms with E-state index >= 15 is 0 Å². The second-order valence-corrected chi connectivity index (χ2v) is 7.43. The highest BCUT2D eigenvalue weighted by molar-refractivity contribution is 6.16. The van der Waals surface area contributed by atoms with Gasteiger partial charge in [-0.15, -0.1) is 0 Å². The topological polar surface area (TPSA) is 20.0 Å². The van der Waals surface area contributed by atoms with E-state index in [0.717, 1.165) is 33.9 Å². The van der Waals surface area contributed by atoms with Crippen LogP contribution in [0.1, 0.15) is 18.1 Å². The van der Waals surface area contributed by atoms with Gasteiger partial charge in [0.2, 0.25) is 5.70 Å². The fraction of sp³-hybridized carbons (Fsp3) is 0.0667. The molecule has 33 heavy (non-hydrogen) atoms. The molecule has 0 aliphatic rings. The lowest BCUT2D eigenvalue weighted by Crippen LogP contribution is -2.09. The lowest BCUT2D eigenvalue weighted by Gasteiger charge is -2.25. The fourth-order valence-corrected chi connectivity index (χ4v) is 3.71. The molecule has 0 aliphatic heterocycles. The molecule has 3 heteroatoms. The van der Waals surface area contributed by atoms with E-state index in [9.17, 15) is 0 Å². The van der Waals surface area contributed by atoms with Crippen LogP contribution in [0.2, 0.25) is 0 Å². The van der Waals surface area contributed by atoms with Gasteiger partial charge in [0.05, 0.1) is 12.3 Å². The molecule has 0 spiro atoms. The first-order valence-electron chi connectivity index (χ1n) is 11.0. The molecule has 0 fully saturated rings. The van der Waals surface area contributed by atoms with E-state index in [-0.39, 0.29) is 0 Å². The van der Waals surface area contributed by atoms with Crippen molar-refractivity contribution in [3.05, 3.63) is 144 Å². The van der Waals surface area contributed by atoms with Crippen LogP contribution in [0, 0.1) is 6.57 Å². The summed E-state index contributed by atoms with van der Waals surface area (Å²) in [7, 11) is 0. The highest BCUT2D eigenvalue weighted by atomic mass is 15.1. The van der Waals surface area contributed by atoms with Gasteiger partial charge >= 0.3 is 0 Å². The molecule has 0 N–H and O–H groups in total. The molecule has 0 amide bonds. The molecule has 4 aromatic rings.